The molecule has 1 saturated carbocycles. The second kappa shape index (κ2) is 5.51. The van der Waals surface area contributed by atoms with E-state index in [1.54, 1.807) is 24.3 Å². The van der Waals surface area contributed by atoms with E-state index in [1.807, 2.05) is 0 Å². The van der Waals surface area contributed by atoms with Gasteiger partial charge in [0.25, 0.3) is 0 Å². The normalized spacial score (nSPS) is 18.8. The molecule has 1 aliphatic carbocycles. The number of carbonyl (C=O) groups excluding carboxylic acids is 1. The lowest BCUT2D eigenvalue weighted by Gasteiger charge is -2.33. The molecule has 1 aromatic carbocycles. The van der Waals surface area contributed by atoms with Crippen LogP contribution in [0.3, 0.4) is 0 Å². The van der Waals surface area contributed by atoms with Gasteiger partial charge in [0.1, 0.15) is 6.10 Å². The zero-order valence-corrected chi connectivity index (χ0v) is 11.6. The van der Waals surface area contributed by atoms with Gasteiger partial charge < -0.3 is 10.5 Å². The number of hydrogen-bond acceptors (Lipinski definition) is 3. The zero-order chi connectivity index (χ0) is 13.9. The highest BCUT2D eigenvalue weighted by atomic mass is 16.6. The Morgan fingerprint density at radius 2 is 2.05 bits per heavy atom. The van der Waals surface area contributed by atoms with Gasteiger partial charge in [0.2, 0.25) is 0 Å². The topological polar surface area (TPSA) is 64.3 Å². The number of amides is 1. The van der Waals surface area contributed by atoms with Crippen LogP contribution in [0.15, 0.2) is 24.3 Å². The molecule has 0 aliphatic heterocycles. The Labute approximate surface area is 114 Å². The van der Waals surface area contributed by atoms with Gasteiger partial charge in [-0.25, -0.2) is 4.79 Å². The summed E-state index contributed by atoms with van der Waals surface area (Å²) in [6.07, 6.45) is 3.73. The summed E-state index contributed by atoms with van der Waals surface area (Å²) in [5.41, 5.74) is 7.33. The first-order valence-electron chi connectivity index (χ1n) is 6.78. The first-order chi connectivity index (χ1) is 8.94. The van der Waals surface area contributed by atoms with Crippen molar-refractivity contribution in [1.82, 2.24) is 0 Å². The zero-order valence-electron chi connectivity index (χ0n) is 11.6. The molecule has 0 spiro atoms. The van der Waals surface area contributed by atoms with Gasteiger partial charge >= 0.3 is 6.09 Å². The molecule has 0 heterocycles. The fourth-order valence-electron chi connectivity index (χ4n) is 2.41. The molecule has 3 N–H and O–H groups in total. The van der Waals surface area contributed by atoms with Crippen LogP contribution >= 0.6 is 0 Å². The summed E-state index contributed by atoms with van der Waals surface area (Å²) in [6.45, 7) is 4.52. The summed E-state index contributed by atoms with van der Waals surface area (Å²) in [5.74, 6) is 0. The van der Waals surface area contributed by atoms with Crippen LogP contribution in [0.25, 0.3) is 0 Å². The predicted molar refractivity (Wildman–Crippen MR) is 77.0 cm³/mol. The van der Waals surface area contributed by atoms with Gasteiger partial charge in [0.15, 0.2) is 0 Å². The Bertz CT molecular complexity index is 447. The number of nitrogen functional groups attached to an aromatic ring is 1. The minimum Gasteiger partial charge on any atom is -0.446 e. The second-order valence-corrected chi connectivity index (χ2v) is 6.02. The average molecular weight is 262 g/mol. The van der Waals surface area contributed by atoms with Crippen molar-refractivity contribution in [2.24, 2.45) is 5.41 Å². The molecule has 0 atom stereocenters. The van der Waals surface area contributed by atoms with Crippen LogP contribution < -0.4 is 11.1 Å². The molecule has 19 heavy (non-hydrogen) atoms. The van der Waals surface area contributed by atoms with Crippen molar-refractivity contribution in [2.45, 2.75) is 45.6 Å². The molecule has 4 heteroatoms. The molecule has 104 valence electrons. The number of ether oxygens (including phenoxy) is 1. The van der Waals surface area contributed by atoms with Crippen molar-refractivity contribution in [3.63, 3.8) is 0 Å². The van der Waals surface area contributed by atoms with Gasteiger partial charge in [-0.3, -0.25) is 5.32 Å². The summed E-state index contributed by atoms with van der Waals surface area (Å²) in [6, 6.07) is 7.08. The third-order valence-corrected chi connectivity index (χ3v) is 3.69. The smallest absolute Gasteiger partial charge is 0.411 e. The van der Waals surface area contributed by atoms with Crippen molar-refractivity contribution in [2.75, 3.05) is 11.1 Å². The van der Waals surface area contributed by atoms with E-state index in [1.165, 1.54) is 0 Å². The molecule has 0 radical (unpaired) electrons. The van der Waals surface area contributed by atoms with Crippen molar-refractivity contribution >= 4 is 17.5 Å². The van der Waals surface area contributed by atoms with Gasteiger partial charge in [-0.2, -0.15) is 0 Å². The molecule has 0 unspecified atom stereocenters. The molecule has 2 rings (SSSR count). The average Bonchev–Trinajstić information content (AvgIpc) is 2.32. The number of hydrogen-bond donors (Lipinski definition) is 2. The summed E-state index contributed by atoms with van der Waals surface area (Å²) in [4.78, 5) is 11.8. The Morgan fingerprint density at radius 1 is 1.37 bits per heavy atom. The summed E-state index contributed by atoms with van der Waals surface area (Å²) < 4.78 is 5.44. The fraction of sp³-hybridized carbons (Fsp3) is 0.533. The molecule has 0 saturated heterocycles. The lowest BCUT2D eigenvalue weighted by Crippen LogP contribution is -2.29. The van der Waals surface area contributed by atoms with Crippen LogP contribution in [0.1, 0.15) is 39.5 Å². The number of benzene rings is 1. The second-order valence-electron chi connectivity index (χ2n) is 6.02. The molecule has 1 aliphatic rings. The van der Waals surface area contributed by atoms with E-state index in [0.29, 0.717) is 16.8 Å². The monoisotopic (exact) mass is 262 g/mol. The molecule has 0 bridgehead atoms. The molecule has 1 aromatic rings. The van der Waals surface area contributed by atoms with Gasteiger partial charge in [-0.15, -0.1) is 0 Å². The van der Waals surface area contributed by atoms with E-state index in [4.69, 9.17) is 10.5 Å². The lowest BCUT2D eigenvalue weighted by atomic mass is 9.76. The maximum Gasteiger partial charge on any atom is 0.411 e. The van der Waals surface area contributed by atoms with Crippen molar-refractivity contribution < 1.29 is 9.53 Å². The number of nitrogens with one attached hydrogen (secondary N) is 1. The number of carbonyl (C=O) groups is 1. The Morgan fingerprint density at radius 3 is 2.68 bits per heavy atom. The van der Waals surface area contributed by atoms with E-state index in [0.717, 1.165) is 25.7 Å². The Hall–Kier alpha value is -1.71. The van der Waals surface area contributed by atoms with Crippen molar-refractivity contribution in [3.8, 4) is 0 Å². The van der Waals surface area contributed by atoms with Crippen LogP contribution in [0, 0.1) is 5.41 Å². The Kier molecular flexibility index (Phi) is 3.98. The van der Waals surface area contributed by atoms with E-state index < -0.39 is 6.09 Å². The lowest BCUT2D eigenvalue weighted by molar-refractivity contribution is 0.0563. The van der Waals surface area contributed by atoms with E-state index in [2.05, 4.69) is 19.2 Å². The van der Waals surface area contributed by atoms with Gasteiger partial charge in [0, 0.05) is 11.4 Å². The van der Waals surface area contributed by atoms with Crippen molar-refractivity contribution in [3.05, 3.63) is 24.3 Å². The summed E-state index contributed by atoms with van der Waals surface area (Å²) in [7, 11) is 0. The highest BCUT2D eigenvalue weighted by Crippen LogP contribution is 2.36. The fourth-order valence-corrected chi connectivity index (χ4v) is 2.41. The highest BCUT2D eigenvalue weighted by Gasteiger charge is 2.28. The molecule has 4 nitrogen and oxygen atoms in total. The maximum atomic E-state index is 11.8. The van der Waals surface area contributed by atoms with Gasteiger partial charge in [0.05, 0.1) is 0 Å². The number of anilines is 2. The Balaban J connectivity index is 1.82. The third kappa shape index (κ3) is 4.16. The maximum absolute atomic E-state index is 11.8. The highest BCUT2D eigenvalue weighted by molar-refractivity contribution is 5.85. The number of rotatable bonds is 2. The standard InChI is InChI=1S/C15H22N2O2/c1-15(2)8-6-13(7-9-15)19-14(18)17-12-5-3-4-11(16)10-12/h3-5,10,13H,6-9,16H2,1-2H3,(H,17,18). The van der Waals surface area contributed by atoms with Crippen LogP contribution in [0.4, 0.5) is 16.2 Å². The van der Waals surface area contributed by atoms with Crippen molar-refractivity contribution in [1.29, 1.82) is 0 Å². The van der Waals surface area contributed by atoms with Crippen LogP contribution in [-0.4, -0.2) is 12.2 Å². The molecular weight excluding hydrogens is 240 g/mol. The predicted octanol–water partition coefficient (Wildman–Crippen LogP) is 3.79. The van der Waals surface area contributed by atoms with Crippen LogP contribution in [0.5, 0.6) is 0 Å². The molecule has 1 amide bonds. The molecule has 1 fully saturated rings. The first kappa shape index (κ1) is 13.7. The van der Waals surface area contributed by atoms with E-state index in [9.17, 15) is 4.79 Å². The largest absolute Gasteiger partial charge is 0.446 e. The quantitative estimate of drug-likeness (QED) is 0.797. The molecule has 0 aromatic heterocycles. The summed E-state index contributed by atoms with van der Waals surface area (Å²) in [5, 5.41) is 2.71. The minimum atomic E-state index is -0.393. The number of nitrogens with two attached hydrogens (primary N) is 1. The van der Waals surface area contributed by atoms with Gasteiger partial charge in [-0.05, 0) is 49.3 Å². The van der Waals surface area contributed by atoms with Gasteiger partial charge in [-0.1, -0.05) is 19.9 Å². The first-order valence-corrected chi connectivity index (χ1v) is 6.78. The van der Waals surface area contributed by atoms with Crippen LogP contribution in [0.2, 0.25) is 0 Å². The summed E-state index contributed by atoms with van der Waals surface area (Å²) >= 11 is 0. The van der Waals surface area contributed by atoms with Crippen LogP contribution in [-0.2, 0) is 4.74 Å². The molecular formula is C15H22N2O2. The van der Waals surface area contributed by atoms with E-state index in [-0.39, 0.29) is 6.10 Å². The van der Waals surface area contributed by atoms with E-state index >= 15 is 0 Å². The SMILES string of the molecule is CC1(C)CCC(OC(=O)Nc2cccc(N)c2)CC1. The third-order valence-electron chi connectivity index (χ3n) is 3.69. The minimum absolute atomic E-state index is 0.0362.